The van der Waals surface area contributed by atoms with Crippen molar-refractivity contribution in [3.8, 4) is 0 Å². The number of carbonyl (C=O) groups is 4. The van der Waals surface area contributed by atoms with Crippen LogP contribution in [0.15, 0.2) is 41.3 Å². The summed E-state index contributed by atoms with van der Waals surface area (Å²) in [4.78, 5) is 47.2. The van der Waals surface area contributed by atoms with Crippen molar-refractivity contribution < 1.29 is 46.5 Å². The van der Waals surface area contributed by atoms with Crippen LogP contribution in [-0.4, -0.2) is 60.7 Å². The summed E-state index contributed by atoms with van der Waals surface area (Å²) in [6, 6.07) is 6.64. The fourth-order valence-electron chi connectivity index (χ4n) is 2.64. The fraction of sp³-hybridized carbons (Fsp3) is 0.200. The molecule has 0 amide bonds. The van der Waals surface area contributed by atoms with Crippen LogP contribution >= 0.6 is 0 Å². The highest BCUT2D eigenvalue weighted by atomic mass is 32.2. The molecule has 0 atom stereocenters. The smallest absolute Gasteiger partial charge is 0.339 e. The molecule has 0 fully saturated rings. The molecule has 2 rings (SSSR count). The Bertz CT molecular complexity index is 1150. The van der Waals surface area contributed by atoms with Crippen LogP contribution in [0.3, 0.4) is 0 Å². The molecule has 170 valence electrons. The molecule has 0 aliphatic heterocycles. The van der Waals surface area contributed by atoms with Crippen LogP contribution in [0.5, 0.6) is 0 Å². The lowest BCUT2D eigenvalue weighted by atomic mass is 10.1. The highest BCUT2D eigenvalue weighted by molar-refractivity contribution is 7.92. The number of methoxy groups -OCH3 is 4. The van der Waals surface area contributed by atoms with E-state index in [-0.39, 0.29) is 27.9 Å². The SMILES string of the molecule is COC(=O)c1cc(NS(=O)(=O)c2cc(C(=O)OC)ccc2C(=O)OC)cc(C(=O)OC)c1. The molecule has 0 aliphatic rings. The summed E-state index contributed by atoms with van der Waals surface area (Å²) in [6.45, 7) is 0. The van der Waals surface area contributed by atoms with Gasteiger partial charge >= 0.3 is 23.9 Å². The highest BCUT2D eigenvalue weighted by Crippen LogP contribution is 2.24. The van der Waals surface area contributed by atoms with Crippen LogP contribution < -0.4 is 4.72 Å². The van der Waals surface area contributed by atoms with Gasteiger partial charge in [-0.25, -0.2) is 27.6 Å². The molecule has 1 N–H and O–H groups in total. The molecule has 0 radical (unpaired) electrons. The van der Waals surface area contributed by atoms with E-state index in [9.17, 15) is 27.6 Å². The van der Waals surface area contributed by atoms with E-state index in [1.54, 1.807) is 0 Å². The minimum Gasteiger partial charge on any atom is -0.465 e. The Kier molecular flexibility index (Phi) is 7.54. The minimum absolute atomic E-state index is 0.135. The topological polar surface area (TPSA) is 151 Å². The van der Waals surface area contributed by atoms with Gasteiger partial charge in [-0.15, -0.1) is 0 Å². The minimum atomic E-state index is -4.52. The maximum atomic E-state index is 13.1. The molecule has 0 spiro atoms. The van der Waals surface area contributed by atoms with Gasteiger partial charge in [0.05, 0.1) is 56.4 Å². The Morgan fingerprint density at radius 2 is 1.12 bits per heavy atom. The number of anilines is 1. The average molecular weight is 465 g/mol. The Balaban J connectivity index is 2.64. The molecule has 0 heterocycles. The van der Waals surface area contributed by atoms with E-state index in [4.69, 9.17) is 0 Å². The van der Waals surface area contributed by atoms with Crippen LogP contribution in [0.25, 0.3) is 0 Å². The number of sulfonamides is 1. The number of benzene rings is 2. The number of hydrogen-bond donors (Lipinski definition) is 1. The first kappa shape index (κ1) is 24.3. The molecule has 0 aromatic heterocycles. The summed E-state index contributed by atoms with van der Waals surface area (Å²) in [5.41, 5.74) is -0.967. The lowest BCUT2D eigenvalue weighted by molar-refractivity contribution is 0.0583. The highest BCUT2D eigenvalue weighted by Gasteiger charge is 2.26. The summed E-state index contributed by atoms with van der Waals surface area (Å²) < 4.78 is 46.8. The van der Waals surface area contributed by atoms with Gasteiger partial charge < -0.3 is 18.9 Å². The van der Waals surface area contributed by atoms with Crippen molar-refractivity contribution in [2.24, 2.45) is 0 Å². The van der Waals surface area contributed by atoms with Crippen molar-refractivity contribution in [1.29, 1.82) is 0 Å². The number of ether oxygens (including phenoxy) is 4. The predicted molar refractivity (Wildman–Crippen MR) is 109 cm³/mol. The largest absolute Gasteiger partial charge is 0.465 e. The molecule has 0 saturated carbocycles. The summed E-state index contributed by atoms with van der Waals surface area (Å²) in [6.07, 6.45) is 0. The molecule has 0 aliphatic carbocycles. The summed E-state index contributed by atoms with van der Waals surface area (Å²) in [7, 11) is -0.141. The van der Waals surface area contributed by atoms with Gasteiger partial charge in [0.25, 0.3) is 10.0 Å². The zero-order chi connectivity index (χ0) is 24.1. The van der Waals surface area contributed by atoms with E-state index in [2.05, 4.69) is 23.7 Å². The summed E-state index contributed by atoms with van der Waals surface area (Å²) in [5, 5.41) is 0. The van der Waals surface area contributed by atoms with Gasteiger partial charge in [0.1, 0.15) is 4.90 Å². The molecule has 2 aromatic rings. The van der Waals surface area contributed by atoms with Crippen molar-refractivity contribution in [1.82, 2.24) is 0 Å². The zero-order valence-electron chi connectivity index (χ0n) is 17.5. The van der Waals surface area contributed by atoms with E-state index in [0.717, 1.165) is 58.8 Å². The standard InChI is InChI=1S/C20H19NO10S/c1-28-17(22)11-5-6-15(20(25)31-4)16(10-11)32(26,27)21-14-8-12(18(23)29-2)7-13(9-14)19(24)30-3/h5-10,21H,1-4H3. The van der Waals surface area contributed by atoms with Gasteiger partial charge in [-0.05, 0) is 36.4 Å². The first-order valence-corrected chi connectivity index (χ1v) is 10.2. The van der Waals surface area contributed by atoms with Crippen LogP contribution in [0, 0.1) is 0 Å². The third-order valence-corrected chi connectivity index (χ3v) is 5.55. The lowest BCUT2D eigenvalue weighted by Crippen LogP contribution is -2.19. The van der Waals surface area contributed by atoms with Gasteiger partial charge in [0.15, 0.2) is 0 Å². The second-order valence-electron chi connectivity index (χ2n) is 6.08. The first-order chi connectivity index (χ1) is 15.1. The molecule has 0 saturated heterocycles. The van der Waals surface area contributed by atoms with Gasteiger partial charge in [0.2, 0.25) is 0 Å². The summed E-state index contributed by atoms with van der Waals surface area (Å²) >= 11 is 0. The van der Waals surface area contributed by atoms with Crippen molar-refractivity contribution in [2.75, 3.05) is 33.2 Å². The molecule has 11 nitrogen and oxygen atoms in total. The Labute approximate surface area is 183 Å². The predicted octanol–water partition coefficient (Wildman–Crippen LogP) is 1.63. The lowest BCUT2D eigenvalue weighted by Gasteiger charge is -2.14. The van der Waals surface area contributed by atoms with Crippen LogP contribution in [-0.2, 0) is 29.0 Å². The van der Waals surface area contributed by atoms with E-state index >= 15 is 0 Å². The number of hydrogen-bond acceptors (Lipinski definition) is 10. The van der Waals surface area contributed by atoms with E-state index in [1.165, 1.54) is 6.07 Å². The van der Waals surface area contributed by atoms with Gasteiger partial charge in [-0.3, -0.25) is 4.72 Å². The fourth-order valence-corrected chi connectivity index (χ4v) is 3.90. The van der Waals surface area contributed by atoms with Gasteiger partial charge in [-0.1, -0.05) is 0 Å². The maximum absolute atomic E-state index is 13.1. The zero-order valence-corrected chi connectivity index (χ0v) is 18.3. The Hall–Kier alpha value is -3.93. The van der Waals surface area contributed by atoms with Gasteiger partial charge in [0, 0.05) is 0 Å². The van der Waals surface area contributed by atoms with Crippen molar-refractivity contribution >= 4 is 39.6 Å². The van der Waals surface area contributed by atoms with E-state index < -0.39 is 38.8 Å². The number of carbonyl (C=O) groups excluding carboxylic acids is 4. The number of esters is 4. The first-order valence-electron chi connectivity index (χ1n) is 8.73. The number of nitrogens with one attached hydrogen (secondary N) is 1. The van der Waals surface area contributed by atoms with Crippen LogP contribution in [0.2, 0.25) is 0 Å². The number of rotatable bonds is 7. The third kappa shape index (κ3) is 5.21. The molecule has 0 unspecified atom stereocenters. The van der Waals surface area contributed by atoms with E-state index in [1.807, 2.05) is 0 Å². The van der Waals surface area contributed by atoms with Crippen molar-refractivity contribution in [3.05, 3.63) is 58.7 Å². The molecular weight excluding hydrogens is 446 g/mol. The normalized spacial score (nSPS) is 10.6. The summed E-state index contributed by atoms with van der Waals surface area (Å²) in [5.74, 6) is -3.47. The second-order valence-corrected chi connectivity index (χ2v) is 7.73. The third-order valence-electron chi connectivity index (χ3n) is 4.12. The van der Waals surface area contributed by atoms with Crippen molar-refractivity contribution in [3.63, 3.8) is 0 Å². The maximum Gasteiger partial charge on any atom is 0.339 e. The van der Waals surface area contributed by atoms with Crippen LogP contribution in [0.4, 0.5) is 5.69 Å². The molecule has 12 heteroatoms. The Morgan fingerprint density at radius 1 is 0.656 bits per heavy atom. The molecule has 0 bridgehead atoms. The van der Waals surface area contributed by atoms with Crippen molar-refractivity contribution in [2.45, 2.75) is 4.90 Å². The van der Waals surface area contributed by atoms with Gasteiger partial charge in [-0.2, -0.15) is 0 Å². The quantitative estimate of drug-likeness (QED) is 0.472. The monoisotopic (exact) mass is 465 g/mol. The Morgan fingerprint density at radius 3 is 1.59 bits per heavy atom. The van der Waals surface area contributed by atoms with Crippen LogP contribution in [0.1, 0.15) is 41.4 Å². The van der Waals surface area contributed by atoms with E-state index in [0.29, 0.717) is 0 Å². The molecule has 2 aromatic carbocycles. The molecular formula is C20H19NO10S. The molecule has 32 heavy (non-hydrogen) atoms. The second kappa shape index (κ2) is 9.92. The average Bonchev–Trinajstić information content (AvgIpc) is 2.80.